The van der Waals surface area contributed by atoms with Gasteiger partial charge in [0.25, 0.3) is 0 Å². The zero-order valence-electron chi connectivity index (χ0n) is 16.4. The maximum Gasteiger partial charge on any atom is 0.154 e. The second-order valence-electron chi connectivity index (χ2n) is 7.20. The van der Waals surface area contributed by atoms with Gasteiger partial charge in [-0.1, -0.05) is 58.4 Å². The van der Waals surface area contributed by atoms with Gasteiger partial charge in [0.15, 0.2) is 5.84 Å². The highest BCUT2D eigenvalue weighted by atomic mass is 79.9. The molecule has 0 saturated carbocycles. The molecule has 3 aromatic carbocycles. The molecule has 30 heavy (non-hydrogen) atoms. The van der Waals surface area contributed by atoms with Crippen molar-refractivity contribution < 1.29 is 4.74 Å². The van der Waals surface area contributed by atoms with Gasteiger partial charge in [-0.3, -0.25) is 5.43 Å². The summed E-state index contributed by atoms with van der Waals surface area (Å²) < 4.78 is 6.49. The van der Waals surface area contributed by atoms with E-state index in [1.54, 1.807) is 0 Å². The van der Waals surface area contributed by atoms with Crippen molar-refractivity contribution in [3.63, 3.8) is 0 Å². The number of rotatable bonds is 3. The molecule has 0 atom stereocenters. The van der Waals surface area contributed by atoms with Crippen LogP contribution in [0.2, 0.25) is 0 Å². The van der Waals surface area contributed by atoms with Gasteiger partial charge in [0.2, 0.25) is 0 Å². The van der Waals surface area contributed by atoms with Gasteiger partial charge in [-0.25, -0.2) is 4.99 Å². The number of halogens is 1. The second-order valence-corrected chi connectivity index (χ2v) is 8.12. The molecule has 6 heteroatoms. The van der Waals surface area contributed by atoms with Crippen LogP contribution in [0.25, 0.3) is 0 Å². The molecule has 0 aromatic heterocycles. The number of para-hydroxylation sites is 1. The molecule has 2 aliphatic rings. The summed E-state index contributed by atoms with van der Waals surface area (Å²) in [6.45, 7) is 3.41. The molecule has 150 valence electrons. The minimum absolute atomic E-state index is 0.731. The Balaban J connectivity index is 1.49. The third kappa shape index (κ3) is 3.88. The lowest BCUT2D eigenvalue weighted by Gasteiger charge is -2.29. The number of nitrogens with zero attached hydrogens (tertiary/aromatic N) is 3. The van der Waals surface area contributed by atoms with E-state index >= 15 is 0 Å². The summed E-state index contributed by atoms with van der Waals surface area (Å²) in [6.07, 6.45) is 0. The Morgan fingerprint density at radius 2 is 1.53 bits per heavy atom. The van der Waals surface area contributed by atoms with E-state index < -0.39 is 0 Å². The first-order valence-corrected chi connectivity index (χ1v) is 10.8. The molecular weight excluding hydrogens is 440 g/mol. The quantitative estimate of drug-likeness (QED) is 0.614. The van der Waals surface area contributed by atoms with Crippen LogP contribution in [0.1, 0.15) is 16.7 Å². The van der Waals surface area contributed by atoms with Gasteiger partial charge in [-0.2, -0.15) is 5.10 Å². The molecule has 0 amide bonds. The van der Waals surface area contributed by atoms with Crippen LogP contribution < -0.4 is 10.3 Å². The first kappa shape index (κ1) is 19.0. The van der Waals surface area contributed by atoms with Crippen molar-refractivity contribution in [3.05, 3.63) is 94.0 Å². The average molecular weight is 461 g/mol. The molecular formula is C24H21BrN4O. The summed E-state index contributed by atoms with van der Waals surface area (Å²) in [5.74, 6) is 0.731. The van der Waals surface area contributed by atoms with Crippen LogP contribution in [0.3, 0.4) is 0 Å². The Morgan fingerprint density at radius 1 is 0.833 bits per heavy atom. The van der Waals surface area contributed by atoms with Gasteiger partial charge < -0.3 is 9.64 Å². The van der Waals surface area contributed by atoms with E-state index in [0.29, 0.717) is 0 Å². The third-order valence-electron chi connectivity index (χ3n) is 5.30. The summed E-state index contributed by atoms with van der Waals surface area (Å²) in [6, 6.07) is 24.8. The molecule has 0 unspecified atom stereocenters. The van der Waals surface area contributed by atoms with Crippen LogP contribution in [0, 0.1) is 0 Å². The molecule has 0 aliphatic carbocycles. The van der Waals surface area contributed by atoms with Gasteiger partial charge in [-0.05, 0) is 30.3 Å². The number of aliphatic imine (C=N–C) groups is 1. The van der Waals surface area contributed by atoms with Crippen molar-refractivity contribution in [2.75, 3.05) is 31.2 Å². The van der Waals surface area contributed by atoms with Crippen molar-refractivity contribution in [1.82, 2.24) is 5.43 Å². The largest absolute Gasteiger partial charge is 0.378 e. The van der Waals surface area contributed by atoms with Crippen molar-refractivity contribution >= 4 is 38.9 Å². The lowest BCUT2D eigenvalue weighted by atomic mass is 10.0. The van der Waals surface area contributed by atoms with Gasteiger partial charge in [0.1, 0.15) is 0 Å². The lowest BCUT2D eigenvalue weighted by molar-refractivity contribution is 0.122. The average Bonchev–Trinajstić information content (AvgIpc) is 3.00. The number of hydrogen-bond acceptors (Lipinski definition) is 5. The fourth-order valence-electron chi connectivity index (χ4n) is 3.69. The van der Waals surface area contributed by atoms with Gasteiger partial charge in [-0.15, -0.1) is 0 Å². The second kappa shape index (κ2) is 8.42. The number of ether oxygens (including phenoxy) is 1. The normalized spacial score (nSPS) is 16.1. The highest BCUT2D eigenvalue weighted by molar-refractivity contribution is 9.10. The van der Waals surface area contributed by atoms with Crippen molar-refractivity contribution in [3.8, 4) is 0 Å². The number of nitrogens with one attached hydrogen (secondary N) is 1. The summed E-state index contributed by atoms with van der Waals surface area (Å²) >= 11 is 3.49. The number of anilines is 1. The van der Waals surface area contributed by atoms with Crippen LogP contribution >= 0.6 is 15.9 Å². The van der Waals surface area contributed by atoms with Gasteiger partial charge >= 0.3 is 0 Å². The number of amidine groups is 1. The summed E-state index contributed by atoms with van der Waals surface area (Å²) in [5.41, 5.74) is 9.23. The molecule has 0 spiro atoms. The third-order valence-corrected chi connectivity index (χ3v) is 5.83. The van der Waals surface area contributed by atoms with E-state index in [1.807, 2.05) is 42.5 Å². The molecule has 0 bridgehead atoms. The van der Waals surface area contributed by atoms with Gasteiger partial charge in [0.05, 0.1) is 24.6 Å². The zero-order chi connectivity index (χ0) is 20.3. The molecule has 2 heterocycles. The molecule has 1 saturated heterocycles. The summed E-state index contributed by atoms with van der Waals surface area (Å²) in [5, 5.41) is 4.75. The molecule has 5 nitrogen and oxygen atoms in total. The Kier molecular flexibility index (Phi) is 5.34. The lowest BCUT2D eigenvalue weighted by Crippen LogP contribution is -2.36. The zero-order valence-corrected chi connectivity index (χ0v) is 18.0. The fourth-order valence-corrected chi connectivity index (χ4v) is 3.96. The summed E-state index contributed by atoms with van der Waals surface area (Å²) in [7, 11) is 0. The van der Waals surface area contributed by atoms with Crippen molar-refractivity contribution in [1.29, 1.82) is 0 Å². The summed E-state index contributed by atoms with van der Waals surface area (Å²) in [4.78, 5) is 7.21. The number of morpholine rings is 1. The molecule has 0 radical (unpaired) electrons. The first-order chi connectivity index (χ1) is 14.8. The van der Waals surface area contributed by atoms with E-state index in [2.05, 4.69) is 56.6 Å². The number of hydrazone groups is 1. The smallest absolute Gasteiger partial charge is 0.154 e. The van der Waals surface area contributed by atoms with Crippen LogP contribution in [0.5, 0.6) is 0 Å². The maximum absolute atomic E-state index is 5.46. The predicted octanol–water partition coefficient (Wildman–Crippen LogP) is 4.72. The van der Waals surface area contributed by atoms with Crippen LogP contribution in [-0.4, -0.2) is 37.9 Å². The van der Waals surface area contributed by atoms with E-state index in [-0.39, 0.29) is 0 Å². The van der Waals surface area contributed by atoms with E-state index in [9.17, 15) is 0 Å². The number of hydrogen-bond donors (Lipinski definition) is 1. The molecule has 1 N–H and O–H groups in total. The molecule has 1 fully saturated rings. The molecule has 3 aromatic rings. The predicted molar refractivity (Wildman–Crippen MR) is 125 cm³/mol. The Labute approximate surface area is 184 Å². The van der Waals surface area contributed by atoms with E-state index in [4.69, 9.17) is 14.8 Å². The standard InChI is InChI=1S/C24H21BrN4O/c25-19-9-5-18(6-10-19)24-26-22-4-2-1-3-21(22)23(27-28-24)17-7-11-20(12-8-17)29-13-15-30-16-14-29/h1-12H,13-16H2,(H,26,28). The first-order valence-electron chi connectivity index (χ1n) is 9.99. The fraction of sp³-hybridized carbons (Fsp3) is 0.167. The number of fused-ring (bicyclic) bond motifs is 1. The monoisotopic (exact) mass is 460 g/mol. The Morgan fingerprint density at radius 3 is 2.30 bits per heavy atom. The Hall–Kier alpha value is -2.96. The van der Waals surface area contributed by atoms with Crippen molar-refractivity contribution in [2.24, 2.45) is 10.1 Å². The molecule has 2 aliphatic heterocycles. The van der Waals surface area contributed by atoms with E-state index in [0.717, 1.165) is 64.7 Å². The Bertz CT molecular complexity index is 1100. The van der Waals surface area contributed by atoms with Crippen LogP contribution in [-0.2, 0) is 4.74 Å². The van der Waals surface area contributed by atoms with E-state index in [1.165, 1.54) is 5.69 Å². The minimum Gasteiger partial charge on any atom is -0.378 e. The maximum atomic E-state index is 5.46. The van der Waals surface area contributed by atoms with Crippen LogP contribution in [0.4, 0.5) is 11.4 Å². The highest BCUT2D eigenvalue weighted by Crippen LogP contribution is 2.27. The van der Waals surface area contributed by atoms with Crippen molar-refractivity contribution in [2.45, 2.75) is 0 Å². The highest BCUT2D eigenvalue weighted by Gasteiger charge is 2.18. The van der Waals surface area contributed by atoms with Gasteiger partial charge in [0, 0.05) is 39.9 Å². The minimum atomic E-state index is 0.731. The topological polar surface area (TPSA) is 49.2 Å². The van der Waals surface area contributed by atoms with Crippen LogP contribution in [0.15, 0.2) is 87.4 Å². The molecule has 5 rings (SSSR count). The SMILES string of the molecule is Brc1ccc(C2=Nc3ccccc3C(c3ccc(N4CCOCC4)cc3)=NN2)cc1. The number of benzene rings is 3.